The Bertz CT molecular complexity index is 2630. The Morgan fingerprint density at radius 2 is 1.44 bits per heavy atom. The molecule has 0 spiro atoms. The zero-order valence-electron chi connectivity index (χ0n) is 33.0. The minimum Gasteiger partial charge on any atom is -0.425 e. The van der Waals surface area contributed by atoms with E-state index < -0.39 is 0 Å². The fourth-order valence-electron chi connectivity index (χ4n) is 8.08. The number of hydrogen-bond donors (Lipinski definition) is 1. The smallest absolute Gasteiger partial charge is 0.292 e. The number of hydrogen-bond acceptors (Lipinski definition) is 10. The lowest BCUT2D eigenvalue weighted by molar-refractivity contribution is -0.133. The van der Waals surface area contributed by atoms with Crippen LogP contribution in [-0.4, -0.2) is 107 Å². The largest absolute Gasteiger partial charge is 0.425 e. The number of pyridine rings is 1. The molecular formula is C44H45N11O4. The number of nitrogens with one attached hydrogen (secondary N) is 1. The molecule has 0 saturated heterocycles. The first kappa shape index (κ1) is 37.7. The third-order valence-corrected chi connectivity index (χ3v) is 11.0. The molecule has 9 rings (SSSR count). The number of benzene rings is 2. The SMILES string of the molecule is CN(C)Cc1cc2ccc(C3=CC(C4C=C(c5ccc6oc(Oc7ccccn7)cc6c5)CN(C(=O)CCn5ccnn5)C4)CN(C(=O)CCn4ccnn4)C3)cc2[nH]1. The highest BCUT2D eigenvalue weighted by molar-refractivity contribution is 5.88. The van der Waals surface area contributed by atoms with Crippen LogP contribution in [0.1, 0.15) is 29.7 Å². The predicted molar refractivity (Wildman–Crippen MR) is 222 cm³/mol. The Labute approximate surface area is 340 Å². The van der Waals surface area contributed by atoms with Gasteiger partial charge in [-0.2, -0.15) is 0 Å². The Hall–Kier alpha value is -6.87. The van der Waals surface area contributed by atoms with E-state index in [0.29, 0.717) is 63.1 Å². The van der Waals surface area contributed by atoms with Gasteiger partial charge in [0.25, 0.3) is 5.95 Å². The van der Waals surface area contributed by atoms with Gasteiger partial charge in [-0.05, 0) is 72.1 Å². The van der Waals surface area contributed by atoms with E-state index in [9.17, 15) is 9.59 Å². The Morgan fingerprint density at radius 3 is 2.05 bits per heavy atom. The third-order valence-electron chi connectivity index (χ3n) is 11.0. The van der Waals surface area contributed by atoms with Gasteiger partial charge in [0.1, 0.15) is 5.58 Å². The van der Waals surface area contributed by atoms with E-state index in [4.69, 9.17) is 9.15 Å². The Balaban J connectivity index is 1.05. The van der Waals surface area contributed by atoms with Crippen molar-refractivity contribution in [1.82, 2.24) is 54.7 Å². The summed E-state index contributed by atoms with van der Waals surface area (Å²) in [6, 6.07) is 22.0. The second-order valence-corrected chi connectivity index (χ2v) is 15.5. The van der Waals surface area contributed by atoms with Crippen molar-refractivity contribution in [3.63, 3.8) is 0 Å². The minimum atomic E-state index is -0.0843. The molecule has 2 aliphatic heterocycles. The molecule has 0 bridgehead atoms. The van der Waals surface area contributed by atoms with E-state index in [1.54, 1.807) is 46.4 Å². The van der Waals surface area contributed by atoms with E-state index in [1.165, 1.54) is 0 Å². The second kappa shape index (κ2) is 16.5. The van der Waals surface area contributed by atoms with Crippen molar-refractivity contribution in [3.05, 3.63) is 127 Å². The first-order chi connectivity index (χ1) is 28.8. The first-order valence-corrected chi connectivity index (χ1v) is 19.8. The normalized spacial score (nSPS) is 17.1. The number of aromatic amines is 1. The van der Waals surface area contributed by atoms with Crippen LogP contribution in [0.3, 0.4) is 0 Å². The zero-order chi connectivity index (χ0) is 40.3. The molecule has 2 aromatic carbocycles. The molecule has 15 heteroatoms. The molecule has 2 atom stereocenters. The lowest BCUT2D eigenvalue weighted by Crippen LogP contribution is -2.46. The molecule has 0 radical (unpaired) electrons. The number of rotatable bonds is 13. The summed E-state index contributed by atoms with van der Waals surface area (Å²) in [5.74, 6) is 0.695. The van der Waals surface area contributed by atoms with Crippen LogP contribution in [-0.2, 0) is 29.2 Å². The van der Waals surface area contributed by atoms with E-state index in [0.717, 1.165) is 50.8 Å². The van der Waals surface area contributed by atoms with E-state index in [-0.39, 0.29) is 30.1 Å². The minimum absolute atomic E-state index is 0.0260. The molecule has 5 aromatic heterocycles. The molecule has 2 amide bonds. The van der Waals surface area contributed by atoms with Gasteiger partial charge in [0.15, 0.2) is 0 Å². The van der Waals surface area contributed by atoms with E-state index in [1.807, 2.05) is 40.1 Å². The van der Waals surface area contributed by atoms with Crippen LogP contribution in [0.2, 0.25) is 0 Å². The summed E-state index contributed by atoms with van der Waals surface area (Å²) in [4.78, 5) is 42.0. The average molecular weight is 792 g/mol. The van der Waals surface area contributed by atoms with Gasteiger partial charge in [0, 0.05) is 105 Å². The van der Waals surface area contributed by atoms with Crippen LogP contribution in [0.4, 0.5) is 0 Å². The van der Waals surface area contributed by atoms with E-state index in [2.05, 4.69) is 92.1 Å². The number of furan rings is 1. The molecule has 2 aliphatic rings. The van der Waals surface area contributed by atoms with Crippen molar-refractivity contribution < 1.29 is 18.7 Å². The average Bonchev–Trinajstić information content (AvgIpc) is 4.09. The molecule has 300 valence electrons. The monoisotopic (exact) mass is 791 g/mol. The van der Waals surface area contributed by atoms with Crippen molar-refractivity contribution in [3.8, 4) is 11.8 Å². The predicted octanol–water partition coefficient (Wildman–Crippen LogP) is 5.91. The quantitative estimate of drug-likeness (QED) is 0.149. The molecule has 7 heterocycles. The molecule has 0 fully saturated rings. The topological polar surface area (TPSA) is 156 Å². The highest BCUT2D eigenvalue weighted by Gasteiger charge is 2.34. The Morgan fingerprint density at radius 1 is 0.780 bits per heavy atom. The molecule has 59 heavy (non-hydrogen) atoms. The zero-order valence-corrected chi connectivity index (χ0v) is 33.0. The number of ether oxygens (including phenoxy) is 1. The third kappa shape index (κ3) is 8.70. The van der Waals surface area contributed by atoms with Crippen molar-refractivity contribution in [1.29, 1.82) is 0 Å². The Kier molecular flexibility index (Phi) is 10.6. The number of aromatic nitrogens is 8. The van der Waals surface area contributed by atoms with Gasteiger partial charge >= 0.3 is 0 Å². The van der Waals surface area contributed by atoms with Gasteiger partial charge in [-0.3, -0.25) is 19.0 Å². The molecular weight excluding hydrogens is 747 g/mol. The number of fused-ring (bicyclic) bond motifs is 2. The molecule has 0 saturated carbocycles. The molecule has 15 nitrogen and oxygen atoms in total. The number of nitrogens with zero attached hydrogens (tertiary/aromatic N) is 10. The standard InChI is InChI=1S/C44H45N11O4/c1-51(2)29-38-22-32-7-6-31(23-39(32)48-38)35-21-37(28-53(26-35)43(57)11-16-55-18-14-47-50-55)36-20-34(25-52(27-36)42(56)10-15-54-17-13-46-49-54)30-8-9-40-33(19-30)24-44(58-40)59-41-5-3-4-12-45-41/h3-9,12-14,17-24,36-37,48H,10-11,15-16,25-29H2,1-2H3. The number of amides is 2. The van der Waals surface area contributed by atoms with Crippen LogP contribution >= 0.6 is 0 Å². The number of H-pyrrole nitrogens is 1. The van der Waals surface area contributed by atoms with Gasteiger partial charge < -0.3 is 28.8 Å². The van der Waals surface area contributed by atoms with Crippen molar-refractivity contribution in [2.75, 3.05) is 40.3 Å². The summed E-state index contributed by atoms with van der Waals surface area (Å²) in [6.45, 7) is 3.62. The summed E-state index contributed by atoms with van der Waals surface area (Å²) in [5, 5.41) is 18.0. The van der Waals surface area contributed by atoms with Gasteiger partial charge in [-0.15, -0.1) is 10.2 Å². The van der Waals surface area contributed by atoms with Crippen LogP contribution in [0.25, 0.3) is 33.0 Å². The van der Waals surface area contributed by atoms with Crippen molar-refractivity contribution >= 4 is 44.8 Å². The fourth-order valence-corrected chi connectivity index (χ4v) is 8.08. The summed E-state index contributed by atoms with van der Waals surface area (Å²) in [6.07, 6.45) is 13.6. The molecule has 0 aliphatic carbocycles. The number of aryl methyl sites for hydroxylation is 2. The number of carbonyl (C=O) groups is 2. The lowest BCUT2D eigenvalue weighted by atomic mass is 9.81. The summed E-state index contributed by atoms with van der Waals surface area (Å²) < 4.78 is 15.3. The maximum atomic E-state index is 14.0. The van der Waals surface area contributed by atoms with Crippen molar-refractivity contribution in [2.45, 2.75) is 32.5 Å². The summed E-state index contributed by atoms with van der Waals surface area (Å²) in [5.41, 5.74) is 7.01. The highest BCUT2D eigenvalue weighted by atomic mass is 16.6. The fraction of sp³-hybridized carbons (Fsp3) is 0.295. The van der Waals surface area contributed by atoms with Gasteiger partial charge in [-0.25, -0.2) is 4.98 Å². The second-order valence-electron chi connectivity index (χ2n) is 15.5. The van der Waals surface area contributed by atoms with Crippen molar-refractivity contribution in [2.24, 2.45) is 11.8 Å². The molecule has 1 N–H and O–H groups in total. The van der Waals surface area contributed by atoms with Crippen LogP contribution in [0.15, 0.2) is 114 Å². The summed E-state index contributed by atoms with van der Waals surface area (Å²) >= 11 is 0. The van der Waals surface area contributed by atoms with Crippen LogP contribution in [0.5, 0.6) is 11.8 Å². The van der Waals surface area contributed by atoms with E-state index >= 15 is 0 Å². The van der Waals surface area contributed by atoms with Crippen LogP contribution < -0.4 is 4.74 Å². The van der Waals surface area contributed by atoms with Crippen LogP contribution in [0, 0.1) is 11.8 Å². The molecule has 2 unspecified atom stereocenters. The first-order valence-electron chi connectivity index (χ1n) is 19.8. The highest BCUT2D eigenvalue weighted by Crippen LogP contribution is 2.37. The van der Waals surface area contributed by atoms with Gasteiger partial charge in [0.05, 0.1) is 25.5 Å². The number of carbonyl (C=O) groups excluding carboxylic acids is 2. The lowest BCUT2D eigenvalue weighted by Gasteiger charge is -2.40. The summed E-state index contributed by atoms with van der Waals surface area (Å²) in [7, 11) is 4.11. The maximum absolute atomic E-state index is 14.0. The van der Waals surface area contributed by atoms with Gasteiger partial charge in [-0.1, -0.05) is 46.8 Å². The molecule has 7 aromatic rings. The van der Waals surface area contributed by atoms with Gasteiger partial charge in [0.2, 0.25) is 17.7 Å². The maximum Gasteiger partial charge on any atom is 0.292 e.